The van der Waals surface area contributed by atoms with Gasteiger partial charge in [-0.1, -0.05) is 0 Å². The lowest BCUT2D eigenvalue weighted by molar-refractivity contribution is 0.660. The first-order chi connectivity index (χ1) is 6.83. The molecule has 3 N–H and O–H groups in total. The van der Waals surface area contributed by atoms with Crippen LogP contribution in [0, 0.1) is 0 Å². The van der Waals surface area contributed by atoms with Crippen molar-refractivity contribution in [3.8, 4) is 0 Å². The molecule has 14 heavy (non-hydrogen) atoms. The fourth-order valence-electron chi connectivity index (χ4n) is 1.79. The molecule has 1 aromatic heterocycles. The molecule has 2 rings (SSSR count). The number of thioether (sulfide) groups is 1. The lowest BCUT2D eigenvalue weighted by Crippen LogP contribution is -2.13. The first-order valence-electron chi connectivity index (χ1n) is 4.88. The Kier molecular flexibility index (Phi) is 3.49. The Hall–Kier alpha value is -0.0300. The van der Waals surface area contributed by atoms with Gasteiger partial charge in [0.1, 0.15) is 0 Å². The largest absolute Gasteiger partial charge is 0.326 e. The standard InChI is InChI=1S/C10H16N2S2/c1-13-8-4-9(12-6-8)10-3-2-7(5-11)14-10/h2-3,8-9,12H,4-6,11H2,1H3. The van der Waals surface area contributed by atoms with Crippen LogP contribution in [0.25, 0.3) is 0 Å². The molecular weight excluding hydrogens is 212 g/mol. The highest BCUT2D eigenvalue weighted by molar-refractivity contribution is 7.99. The van der Waals surface area contributed by atoms with Gasteiger partial charge < -0.3 is 11.1 Å². The van der Waals surface area contributed by atoms with Gasteiger partial charge in [-0.25, -0.2) is 0 Å². The fraction of sp³-hybridized carbons (Fsp3) is 0.600. The molecular formula is C10H16N2S2. The summed E-state index contributed by atoms with van der Waals surface area (Å²) in [6, 6.07) is 4.93. The van der Waals surface area contributed by atoms with Gasteiger partial charge in [-0.3, -0.25) is 0 Å². The molecule has 0 bridgehead atoms. The molecule has 2 atom stereocenters. The van der Waals surface area contributed by atoms with Crippen LogP contribution in [-0.2, 0) is 6.54 Å². The van der Waals surface area contributed by atoms with E-state index in [0.717, 1.165) is 11.8 Å². The van der Waals surface area contributed by atoms with Crippen molar-refractivity contribution in [2.75, 3.05) is 12.8 Å². The van der Waals surface area contributed by atoms with Crippen molar-refractivity contribution in [1.29, 1.82) is 0 Å². The van der Waals surface area contributed by atoms with Crippen molar-refractivity contribution >= 4 is 23.1 Å². The predicted octanol–water partition coefficient (Wildman–Crippen LogP) is 1.97. The Morgan fingerprint density at radius 3 is 3.07 bits per heavy atom. The highest BCUT2D eigenvalue weighted by Gasteiger charge is 2.25. The maximum absolute atomic E-state index is 5.60. The number of nitrogens with one attached hydrogen (secondary N) is 1. The van der Waals surface area contributed by atoms with Crippen LogP contribution in [-0.4, -0.2) is 18.1 Å². The minimum absolute atomic E-state index is 0.567. The van der Waals surface area contributed by atoms with Gasteiger partial charge in [0, 0.05) is 34.1 Å². The van der Waals surface area contributed by atoms with Gasteiger partial charge in [-0.2, -0.15) is 11.8 Å². The minimum Gasteiger partial charge on any atom is -0.326 e. The fourth-order valence-corrected chi connectivity index (χ4v) is 3.42. The van der Waals surface area contributed by atoms with Gasteiger partial charge in [0.2, 0.25) is 0 Å². The van der Waals surface area contributed by atoms with E-state index in [1.165, 1.54) is 16.2 Å². The molecule has 0 aromatic carbocycles. The second-order valence-electron chi connectivity index (χ2n) is 3.56. The third-order valence-corrected chi connectivity index (χ3v) is 4.90. The van der Waals surface area contributed by atoms with E-state index in [0.29, 0.717) is 12.6 Å². The van der Waals surface area contributed by atoms with E-state index in [2.05, 4.69) is 23.7 Å². The van der Waals surface area contributed by atoms with Gasteiger partial charge in [0.05, 0.1) is 0 Å². The van der Waals surface area contributed by atoms with E-state index in [1.54, 1.807) is 0 Å². The van der Waals surface area contributed by atoms with Crippen LogP contribution >= 0.6 is 23.1 Å². The summed E-state index contributed by atoms with van der Waals surface area (Å²) in [5.41, 5.74) is 5.60. The van der Waals surface area contributed by atoms with E-state index < -0.39 is 0 Å². The molecule has 1 aliphatic rings. The number of rotatable bonds is 3. The Balaban J connectivity index is 2.02. The molecule has 78 valence electrons. The van der Waals surface area contributed by atoms with Crippen LogP contribution in [0.3, 0.4) is 0 Å². The summed E-state index contributed by atoms with van der Waals surface area (Å²) in [5.74, 6) is 0. The second kappa shape index (κ2) is 4.66. The lowest BCUT2D eigenvalue weighted by Gasteiger charge is -2.06. The van der Waals surface area contributed by atoms with Crippen LogP contribution in [0.2, 0.25) is 0 Å². The van der Waals surface area contributed by atoms with Gasteiger partial charge >= 0.3 is 0 Å². The van der Waals surface area contributed by atoms with Crippen LogP contribution in [0.1, 0.15) is 22.2 Å². The summed E-state index contributed by atoms with van der Waals surface area (Å²) < 4.78 is 0. The van der Waals surface area contributed by atoms with Crippen LogP contribution < -0.4 is 11.1 Å². The van der Waals surface area contributed by atoms with Crippen molar-refractivity contribution in [1.82, 2.24) is 5.32 Å². The molecule has 0 amide bonds. The molecule has 2 heterocycles. The average Bonchev–Trinajstić information content (AvgIpc) is 2.86. The smallest absolute Gasteiger partial charge is 0.0426 e. The number of thiophene rings is 1. The molecule has 0 aliphatic carbocycles. The Morgan fingerprint density at radius 1 is 1.64 bits per heavy atom. The Labute approximate surface area is 93.3 Å². The zero-order valence-electron chi connectivity index (χ0n) is 8.32. The number of nitrogens with two attached hydrogens (primary N) is 1. The quantitative estimate of drug-likeness (QED) is 0.831. The first-order valence-corrected chi connectivity index (χ1v) is 6.98. The number of hydrogen-bond donors (Lipinski definition) is 2. The third kappa shape index (κ3) is 2.14. The predicted molar refractivity (Wildman–Crippen MR) is 64.9 cm³/mol. The van der Waals surface area contributed by atoms with Crippen LogP contribution in [0.15, 0.2) is 12.1 Å². The first kappa shape index (κ1) is 10.5. The maximum Gasteiger partial charge on any atom is 0.0426 e. The Morgan fingerprint density at radius 2 is 2.50 bits per heavy atom. The summed E-state index contributed by atoms with van der Waals surface area (Å²) in [7, 11) is 0. The molecule has 0 radical (unpaired) electrons. The molecule has 1 saturated heterocycles. The Bertz CT molecular complexity index is 298. The van der Waals surface area contributed by atoms with Gasteiger partial charge in [0.15, 0.2) is 0 Å². The average molecular weight is 228 g/mol. The molecule has 2 unspecified atom stereocenters. The van der Waals surface area contributed by atoms with Crippen molar-refractivity contribution in [2.45, 2.75) is 24.3 Å². The zero-order chi connectivity index (χ0) is 9.97. The molecule has 1 aliphatic heterocycles. The van der Waals surface area contributed by atoms with Crippen LogP contribution in [0.5, 0.6) is 0 Å². The molecule has 0 saturated carbocycles. The van der Waals surface area contributed by atoms with E-state index in [1.807, 2.05) is 23.1 Å². The van der Waals surface area contributed by atoms with Crippen molar-refractivity contribution < 1.29 is 0 Å². The summed E-state index contributed by atoms with van der Waals surface area (Å²) in [6.45, 7) is 1.81. The SMILES string of the molecule is CSC1CNC(c2ccc(CN)s2)C1. The summed E-state index contributed by atoms with van der Waals surface area (Å²) >= 11 is 3.81. The molecule has 0 spiro atoms. The highest BCUT2D eigenvalue weighted by Crippen LogP contribution is 2.32. The van der Waals surface area contributed by atoms with Crippen molar-refractivity contribution in [3.63, 3.8) is 0 Å². The summed E-state index contributed by atoms with van der Waals surface area (Å²) in [5, 5.41) is 4.34. The normalized spacial score (nSPS) is 27.0. The van der Waals surface area contributed by atoms with Gasteiger partial charge in [-0.15, -0.1) is 11.3 Å². The van der Waals surface area contributed by atoms with Crippen molar-refractivity contribution in [3.05, 3.63) is 21.9 Å². The lowest BCUT2D eigenvalue weighted by atomic mass is 10.2. The van der Waals surface area contributed by atoms with Crippen LogP contribution in [0.4, 0.5) is 0 Å². The van der Waals surface area contributed by atoms with E-state index in [4.69, 9.17) is 5.73 Å². The van der Waals surface area contributed by atoms with Crippen molar-refractivity contribution in [2.24, 2.45) is 5.73 Å². The molecule has 4 heteroatoms. The molecule has 2 nitrogen and oxygen atoms in total. The maximum atomic E-state index is 5.60. The van der Waals surface area contributed by atoms with E-state index in [9.17, 15) is 0 Å². The molecule has 1 fully saturated rings. The summed E-state index contributed by atoms with van der Waals surface area (Å²) in [6.07, 6.45) is 3.44. The van der Waals surface area contributed by atoms with Gasteiger partial charge in [0.25, 0.3) is 0 Å². The second-order valence-corrected chi connectivity index (χ2v) is 5.90. The summed E-state index contributed by atoms with van der Waals surface area (Å²) in [4.78, 5) is 2.73. The topological polar surface area (TPSA) is 38.0 Å². The monoisotopic (exact) mass is 228 g/mol. The third-order valence-electron chi connectivity index (χ3n) is 2.65. The molecule has 1 aromatic rings. The zero-order valence-corrected chi connectivity index (χ0v) is 9.96. The van der Waals surface area contributed by atoms with E-state index in [-0.39, 0.29) is 0 Å². The van der Waals surface area contributed by atoms with E-state index >= 15 is 0 Å². The number of hydrogen-bond acceptors (Lipinski definition) is 4. The highest BCUT2D eigenvalue weighted by atomic mass is 32.2. The van der Waals surface area contributed by atoms with Gasteiger partial charge in [-0.05, 0) is 24.8 Å². The minimum atomic E-state index is 0.567.